The van der Waals surface area contributed by atoms with E-state index in [1.807, 2.05) is 24.0 Å². The molecule has 144 valence electrons. The monoisotopic (exact) mass is 367 g/mol. The second-order valence-electron chi connectivity index (χ2n) is 7.68. The molecule has 4 rings (SSSR count). The summed E-state index contributed by atoms with van der Waals surface area (Å²) in [6.07, 6.45) is 5.66. The van der Waals surface area contributed by atoms with Crippen LogP contribution < -0.4 is 5.32 Å². The van der Waals surface area contributed by atoms with E-state index in [1.54, 1.807) is 0 Å². The predicted octanol–water partition coefficient (Wildman–Crippen LogP) is 1.81. The minimum atomic E-state index is 0.0357. The molecule has 1 N–H and O–H groups in total. The highest BCUT2D eigenvalue weighted by Gasteiger charge is 2.35. The third-order valence-electron chi connectivity index (χ3n) is 5.87. The van der Waals surface area contributed by atoms with Crippen molar-refractivity contribution in [3.05, 3.63) is 54.1 Å². The standard InChI is InChI=1S/C21H29N5O/c1-24-13-10-23-20(24)19-15-22-9-14-26(19)21(27)18-7-11-25(12-8-18)16-17-5-3-2-4-6-17/h2-6,10,13,18-19,22H,7-9,11-12,14-16H2,1H3. The molecule has 0 bridgehead atoms. The van der Waals surface area contributed by atoms with Gasteiger partial charge in [0.25, 0.3) is 0 Å². The topological polar surface area (TPSA) is 53.4 Å². The highest BCUT2D eigenvalue weighted by atomic mass is 16.2. The van der Waals surface area contributed by atoms with E-state index in [2.05, 4.69) is 50.4 Å². The van der Waals surface area contributed by atoms with Gasteiger partial charge in [-0.1, -0.05) is 30.3 Å². The van der Waals surface area contributed by atoms with Gasteiger partial charge in [0.15, 0.2) is 0 Å². The van der Waals surface area contributed by atoms with Gasteiger partial charge in [0, 0.05) is 51.5 Å². The van der Waals surface area contributed by atoms with E-state index < -0.39 is 0 Å². The van der Waals surface area contributed by atoms with Crippen LogP contribution >= 0.6 is 0 Å². The Hall–Kier alpha value is -2.18. The summed E-state index contributed by atoms with van der Waals surface area (Å²) in [6, 6.07) is 10.6. The van der Waals surface area contributed by atoms with E-state index in [4.69, 9.17) is 0 Å². The smallest absolute Gasteiger partial charge is 0.226 e. The van der Waals surface area contributed by atoms with Crippen LogP contribution in [-0.4, -0.2) is 58.0 Å². The number of rotatable bonds is 4. The maximum absolute atomic E-state index is 13.3. The van der Waals surface area contributed by atoms with Crippen molar-refractivity contribution in [3.63, 3.8) is 0 Å². The summed E-state index contributed by atoms with van der Waals surface area (Å²) < 4.78 is 2.03. The number of piperazine rings is 1. The summed E-state index contributed by atoms with van der Waals surface area (Å²) in [7, 11) is 2.00. The van der Waals surface area contributed by atoms with Crippen LogP contribution in [0.2, 0.25) is 0 Å². The average Bonchev–Trinajstić information content (AvgIpc) is 3.14. The molecule has 1 aromatic heterocycles. The van der Waals surface area contributed by atoms with Crippen molar-refractivity contribution in [2.24, 2.45) is 13.0 Å². The molecule has 0 aliphatic carbocycles. The lowest BCUT2D eigenvalue weighted by Crippen LogP contribution is -2.52. The van der Waals surface area contributed by atoms with E-state index in [-0.39, 0.29) is 12.0 Å². The maximum atomic E-state index is 13.3. The van der Waals surface area contributed by atoms with Crippen LogP contribution in [0, 0.1) is 5.92 Å². The van der Waals surface area contributed by atoms with Gasteiger partial charge in [-0.3, -0.25) is 9.69 Å². The Morgan fingerprint density at radius 2 is 1.96 bits per heavy atom. The second kappa shape index (κ2) is 8.23. The molecule has 0 saturated carbocycles. The molecule has 2 saturated heterocycles. The number of amides is 1. The summed E-state index contributed by atoms with van der Waals surface area (Å²) >= 11 is 0. The molecule has 1 aromatic carbocycles. The lowest BCUT2D eigenvalue weighted by atomic mass is 9.93. The quantitative estimate of drug-likeness (QED) is 0.895. The number of aromatic nitrogens is 2. The van der Waals surface area contributed by atoms with Gasteiger partial charge in [0.05, 0.1) is 0 Å². The molecule has 1 unspecified atom stereocenters. The van der Waals surface area contributed by atoms with Crippen LogP contribution in [0.4, 0.5) is 0 Å². The number of benzene rings is 1. The van der Waals surface area contributed by atoms with Gasteiger partial charge in [-0.05, 0) is 31.5 Å². The Bertz CT molecular complexity index is 751. The third-order valence-corrected chi connectivity index (χ3v) is 5.87. The van der Waals surface area contributed by atoms with Gasteiger partial charge in [-0.25, -0.2) is 4.98 Å². The minimum absolute atomic E-state index is 0.0357. The van der Waals surface area contributed by atoms with Gasteiger partial charge < -0.3 is 14.8 Å². The average molecular weight is 367 g/mol. The molecule has 0 radical (unpaired) electrons. The Balaban J connectivity index is 1.37. The molecule has 2 aliphatic rings. The highest BCUT2D eigenvalue weighted by Crippen LogP contribution is 2.27. The first-order valence-corrected chi connectivity index (χ1v) is 9.97. The van der Waals surface area contributed by atoms with Crippen molar-refractivity contribution in [2.75, 3.05) is 32.7 Å². The molecular weight excluding hydrogens is 338 g/mol. The zero-order valence-electron chi connectivity index (χ0n) is 16.1. The number of imidazole rings is 1. The molecule has 0 spiro atoms. The van der Waals surface area contributed by atoms with Gasteiger partial charge in [0.1, 0.15) is 11.9 Å². The lowest BCUT2D eigenvalue weighted by Gasteiger charge is -2.40. The Labute approximate surface area is 161 Å². The Morgan fingerprint density at radius 3 is 2.67 bits per heavy atom. The normalized spacial score (nSPS) is 22.1. The summed E-state index contributed by atoms with van der Waals surface area (Å²) in [5.74, 6) is 1.42. The SMILES string of the molecule is Cn1ccnc1C1CNCCN1C(=O)C1CCN(Cc2ccccc2)CC1. The summed E-state index contributed by atoms with van der Waals surface area (Å²) in [5.41, 5.74) is 1.35. The van der Waals surface area contributed by atoms with Crippen LogP contribution in [-0.2, 0) is 18.4 Å². The first-order chi connectivity index (χ1) is 13.2. The molecule has 2 aliphatic heterocycles. The minimum Gasteiger partial charge on any atom is -0.336 e. The Morgan fingerprint density at radius 1 is 1.19 bits per heavy atom. The van der Waals surface area contributed by atoms with Crippen molar-refractivity contribution in [1.29, 1.82) is 0 Å². The van der Waals surface area contributed by atoms with E-state index >= 15 is 0 Å². The predicted molar refractivity (Wildman–Crippen MR) is 105 cm³/mol. The van der Waals surface area contributed by atoms with Crippen molar-refractivity contribution in [3.8, 4) is 0 Å². The lowest BCUT2D eigenvalue weighted by molar-refractivity contribution is -0.140. The molecule has 6 nitrogen and oxygen atoms in total. The van der Waals surface area contributed by atoms with Gasteiger partial charge >= 0.3 is 0 Å². The number of hydrogen-bond acceptors (Lipinski definition) is 4. The number of piperidine rings is 1. The number of carbonyl (C=O) groups is 1. The molecular formula is C21H29N5O. The first kappa shape index (κ1) is 18.2. The van der Waals surface area contributed by atoms with Crippen LogP contribution in [0.1, 0.15) is 30.3 Å². The number of nitrogens with one attached hydrogen (secondary N) is 1. The van der Waals surface area contributed by atoms with Crippen molar-refractivity contribution in [2.45, 2.75) is 25.4 Å². The number of carbonyl (C=O) groups excluding carboxylic acids is 1. The highest BCUT2D eigenvalue weighted by molar-refractivity contribution is 5.79. The van der Waals surface area contributed by atoms with Crippen LogP contribution in [0.15, 0.2) is 42.7 Å². The molecule has 1 atom stereocenters. The summed E-state index contributed by atoms with van der Waals surface area (Å²) in [4.78, 5) is 22.3. The fourth-order valence-electron chi connectivity index (χ4n) is 4.31. The molecule has 1 amide bonds. The molecule has 2 fully saturated rings. The Kier molecular flexibility index (Phi) is 5.55. The summed E-state index contributed by atoms with van der Waals surface area (Å²) in [5, 5.41) is 3.42. The zero-order valence-corrected chi connectivity index (χ0v) is 16.1. The van der Waals surface area contributed by atoms with E-state index in [9.17, 15) is 4.79 Å². The van der Waals surface area contributed by atoms with E-state index in [0.29, 0.717) is 5.91 Å². The fraction of sp³-hybridized carbons (Fsp3) is 0.524. The second-order valence-corrected chi connectivity index (χ2v) is 7.68. The van der Waals surface area contributed by atoms with Gasteiger partial charge in [0.2, 0.25) is 5.91 Å². The summed E-state index contributed by atoms with van der Waals surface area (Å²) in [6.45, 7) is 5.36. The van der Waals surface area contributed by atoms with Gasteiger partial charge in [-0.15, -0.1) is 0 Å². The molecule has 6 heteroatoms. The molecule has 2 aromatic rings. The third kappa shape index (κ3) is 4.06. The van der Waals surface area contributed by atoms with Gasteiger partial charge in [-0.2, -0.15) is 0 Å². The van der Waals surface area contributed by atoms with Crippen LogP contribution in [0.3, 0.4) is 0 Å². The number of nitrogens with zero attached hydrogens (tertiary/aromatic N) is 4. The van der Waals surface area contributed by atoms with E-state index in [1.165, 1.54) is 5.56 Å². The molecule has 3 heterocycles. The van der Waals surface area contributed by atoms with Crippen LogP contribution in [0.5, 0.6) is 0 Å². The largest absolute Gasteiger partial charge is 0.336 e. The van der Waals surface area contributed by atoms with Crippen molar-refractivity contribution >= 4 is 5.91 Å². The fourth-order valence-corrected chi connectivity index (χ4v) is 4.31. The first-order valence-electron chi connectivity index (χ1n) is 9.97. The van der Waals surface area contributed by atoms with Crippen LogP contribution in [0.25, 0.3) is 0 Å². The van der Waals surface area contributed by atoms with Crippen molar-refractivity contribution in [1.82, 2.24) is 24.7 Å². The molecule has 27 heavy (non-hydrogen) atoms. The maximum Gasteiger partial charge on any atom is 0.226 e. The van der Waals surface area contributed by atoms with Crippen molar-refractivity contribution < 1.29 is 4.79 Å². The zero-order chi connectivity index (χ0) is 18.6. The number of likely N-dealkylation sites (tertiary alicyclic amines) is 1. The number of hydrogen-bond donors (Lipinski definition) is 1. The number of aryl methyl sites for hydroxylation is 1. The van der Waals surface area contributed by atoms with E-state index in [0.717, 1.165) is 57.9 Å².